The molecule has 2 rings (SSSR count). The highest BCUT2D eigenvalue weighted by Crippen LogP contribution is 2.18. The molecule has 0 amide bonds. The van der Waals surface area contributed by atoms with Gasteiger partial charge in [-0.3, -0.25) is 0 Å². The molecule has 0 aromatic carbocycles. The summed E-state index contributed by atoms with van der Waals surface area (Å²) in [6.45, 7) is 3.79. The Labute approximate surface area is 114 Å². The summed E-state index contributed by atoms with van der Waals surface area (Å²) in [5.74, 6) is -0.469. The summed E-state index contributed by atoms with van der Waals surface area (Å²) in [6, 6.07) is 5.00. The molecule has 0 aliphatic carbocycles. The van der Waals surface area contributed by atoms with Crippen LogP contribution in [0.4, 0.5) is 5.82 Å². The van der Waals surface area contributed by atoms with Gasteiger partial charge in [0.1, 0.15) is 17.4 Å². The molecule has 0 atom stereocenters. The number of hydrogen-bond acceptors (Lipinski definition) is 6. The summed E-state index contributed by atoms with van der Waals surface area (Å²) in [4.78, 5) is 10.7. The molecule has 0 saturated carbocycles. The van der Waals surface area contributed by atoms with E-state index >= 15 is 0 Å². The third-order valence-corrected chi connectivity index (χ3v) is 2.87. The number of nitrogens with zero attached hydrogens (tertiary/aromatic N) is 3. The molecule has 0 saturated heterocycles. The number of carboxylic acids is 1. The number of aryl methyl sites for hydroxylation is 1. The van der Waals surface area contributed by atoms with E-state index in [-0.39, 0.29) is 12.3 Å². The van der Waals surface area contributed by atoms with E-state index in [1.807, 2.05) is 0 Å². The van der Waals surface area contributed by atoms with Gasteiger partial charge in [0.05, 0.1) is 12.2 Å². The van der Waals surface area contributed by atoms with E-state index in [0.717, 1.165) is 5.56 Å². The summed E-state index contributed by atoms with van der Waals surface area (Å²) >= 11 is 0. The van der Waals surface area contributed by atoms with Crippen molar-refractivity contribution < 1.29 is 14.3 Å². The largest absolute Gasteiger partial charge is 0.475 e. The Hall–Kier alpha value is -2.88. The van der Waals surface area contributed by atoms with Crippen molar-refractivity contribution in [3.63, 3.8) is 0 Å². The fourth-order valence-electron chi connectivity index (χ4n) is 1.63. The van der Waals surface area contributed by atoms with Gasteiger partial charge in [0.2, 0.25) is 5.76 Å². The first-order chi connectivity index (χ1) is 9.52. The van der Waals surface area contributed by atoms with E-state index in [9.17, 15) is 4.79 Å². The van der Waals surface area contributed by atoms with E-state index in [2.05, 4.69) is 21.6 Å². The number of carbonyl (C=O) groups is 1. The molecule has 0 unspecified atom stereocenters. The average molecular weight is 272 g/mol. The van der Waals surface area contributed by atoms with Crippen LogP contribution in [0, 0.1) is 25.2 Å². The molecule has 7 heteroatoms. The quantitative estimate of drug-likeness (QED) is 0.873. The maximum Gasteiger partial charge on any atom is 0.371 e. The Morgan fingerprint density at radius 1 is 1.45 bits per heavy atom. The molecule has 0 aliphatic heterocycles. The predicted molar refractivity (Wildman–Crippen MR) is 69.2 cm³/mol. The SMILES string of the molecule is Cc1nnc(NCc2ccc(C(=O)O)o2)c(C#N)c1C. The van der Waals surface area contributed by atoms with Crippen LogP contribution in [0.15, 0.2) is 16.5 Å². The molecule has 2 heterocycles. The monoisotopic (exact) mass is 272 g/mol. The second-order valence-corrected chi connectivity index (χ2v) is 4.17. The summed E-state index contributed by atoms with van der Waals surface area (Å²) in [5, 5.41) is 28.7. The number of nitriles is 1. The van der Waals surface area contributed by atoms with Gasteiger partial charge in [-0.1, -0.05) is 0 Å². The first-order valence-electron chi connectivity index (χ1n) is 5.82. The lowest BCUT2D eigenvalue weighted by molar-refractivity contribution is 0.0660. The number of nitrogens with one attached hydrogen (secondary N) is 1. The number of rotatable bonds is 4. The molecular weight excluding hydrogens is 260 g/mol. The first-order valence-corrected chi connectivity index (χ1v) is 5.82. The van der Waals surface area contributed by atoms with Gasteiger partial charge in [0.25, 0.3) is 0 Å². The molecule has 20 heavy (non-hydrogen) atoms. The van der Waals surface area contributed by atoms with Gasteiger partial charge in [-0.15, -0.1) is 5.10 Å². The van der Waals surface area contributed by atoms with E-state index in [0.29, 0.717) is 22.8 Å². The Kier molecular flexibility index (Phi) is 3.66. The van der Waals surface area contributed by atoms with Crippen LogP contribution in [0.2, 0.25) is 0 Å². The van der Waals surface area contributed by atoms with Gasteiger partial charge in [-0.05, 0) is 31.5 Å². The molecule has 2 aromatic rings. The van der Waals surface area contributed by atoms with Crippen LogP contribution in [0.25, 0.3) is 0 Å². The maximum absolute atomic E-state index is 10.7. The number of aromatic carboxylic acids is 1. The molecule has 0 fully saturated rings. The van der Waals surface area contributed by atoms with Gasteiger partial charge in [0.15, 0.2) is 5.82 Å². The van der Waals surface area contributed by atoms with Gasteiger partial charge >= 0.3 is 5.97 Å². The zero-order valence-electron chi connectivity index (χ0n) is 11.0. The molecule has 2 N–H and O–H groups in total. The van der Waals surface area contributed by atoms with Crippen LogP contribution in [0.3, 0.4) is 0 Å². The highest BCUT2D eigenvalue weighted by Gasteiger charge is 2.12. The smallest absolute Gasteiger partial charge is 0.371 e. The molecule has 102 valence electrons. The minimum Gasteiger partial charge on any atom is -0.475 e. The fourth-order valence-corrected chi connectivity index (χ4v) is 1.63. The molecule has 2 aromatic heterocycles. The first kappa shape index (κ1) is 13.5. The Morgan fingerprint density at radius 3 is 2.80 bits per heavy atom. The topological polar surface area (TPSA) is 112 Å². The van der Waals surface area contributed by atoms with Crippen molar-refractivity contribution in [2.45, 2.75) is 20.4 Å². The van der Waals surface area contributed by atoms with Crippen LogP contribution < -0.4 is 5.32 Å². The highest BCUT2D eigenvalue weighted by molar-refractivity contribution is 5.84. The lowest BCUT2D eigenvalue weighted by Crippen LogP contribution is -2.07. The van der Waals surface area contributed by atoms with E-state index in [1.165, 1.54) is 6.07 Å². The average Bonchev–Trinajstić information content (AvgIpc) is 2.89. The zero-order chi connectivity index (χ0) is 14.7. The highest BCUT2D eigenvalue weighted by atomic mass is 16.4. The van der Waals surface area contributed by atoms with Crippen molar-refractivity contribution in [1.29, 1.82) is 5.26 Å². The van der Waals surface area contributed by atoms with E-state index < -0.39 is 5.97 Å². The van der Waals surface area contributed by atoms with Gasteiger partial charge < -0.3 is 14.8 Å². The Bertz CT molecular complexity index is 700. The number of hydrogen-bond donors (Lipinski definition) is 2. The lowest BCUT2D eigenvalue weighted by atomic mass is 10.1. The van der Waals surface area contributed by atoms with E-state index in [4.69, 9.17) is 14.8 Å². The molecule has 7 nitrogen and oxygen atoms in total. The van der Waals surface area contributed by atoms with Crippen LogP contribution in [-0.4, -0.2) is 21.3 Å². The van der Waals surface area contributed by atoms with Crippen molar-refractivity contribution in [3.8, 4) is 6.07 Å². The predicted octanol–water partition coefficient (Wildman–Crippen LogP) is 1.87. The van der Waals surface area contributed by atoms with Gasteiger partial charge in [-0.25, -0.2) is 4.79 Å². The van der Waals surface area contributed by atoms with Crippen molar-refractivity contribution in [3.05, 3.63) is 40.5 Å². The third kappa shape index (κ3) is 2.59. The molecular formula is C13H12N4O3. The Balaban J connectivity index is 2.17. The number of furan rings is 1. The van der Waals surface area contributed by atoms with Crippen LogP contribution in [0.1, 0.15) is 33.1 Å². The summed E-state index contributed by atoms with van der Waals surface area (Å²) in [5.41, 5.74) is 1.87. The standard InChI is InChI=1S/C13H12N4O3/c1-7-8(2)16-17-12(10(7)5-14)15-6-9-3-4-11(20-9)13(18)19/h3-4H,6H2,1-2H3,(H,15,17)(H,18,19). The Morgan fingerprint density at radius 2 is 2.20 bits per heavy atom. The summed E-state index contributed by atoms with van der Waals surface area (Å²) in [6.07, 6.45) is 0. The second kappa shape index (κ2) is 5.40. The normalized spacial score (nSPS) is 10.1. The summed E-state index contributed by atoms with van der Waals surface area (Å²) in [7, 11) is 0. The lowest BCUT2D eigenvalue weighted by Gasteiger charge is -2.08. The van der Waals surface area contributed by atoms with Crippen molar-refractivity contribution in [2.24, 2.45) is 0 Å². The van der Waals surface area contributed by atoms with E-state index in [1.54, 1.807) is 19.9 Å². The minimum absolute atomic E-state index is 0.131. The van der Waals surface area contributed by atoms with Gasteiger partial charge in [-0.2, -0.15) is 10.4 Å². The fraction of sp³-hybridized carbons (Fsp3) is 0.231. The van der Waals surface area contributed by atoms with Crippen LogP contribution >= 0.6 is 0 Å². The molecule has 0 spiro atoms. The molecule has 0 radical (unpaired) electrons. The number of carboxylic acid groups (broad SMARTS) is 1. The van der Waals surface area contributed by atoms with Crippen LogP contribution in [-0.2, 0) is 6.54 Å². The molecule has 0 bridgehead atoms. The number of aromatic nitrogens is 2. The summed E-state index contributed by atoms with van der Waals surface area (Å²) < 4.78 is 5.10. The van der Waals surface area contributed by atoms with Crippen LogP contribution in [0.5, 0.6) is 0 Å². The van der Waals surface area contributed by atoms with Gasteiger partial charge in [0, 0.05) is 0 Å². The second-order valence-electron chi connectivity index (χ2n) is 4.17. The van der Waals surface area contributed by atoms with Crippen molar-refractivity contribution in [1.82, 2.24) is 10.2 Å². The minimum atomic E-state index is -1.13. The third-order valence-electron chi connectivity index (χ3n) is 2.87. The number of anilines is 1. The zero-order valence-corrected chi connectivity index (χ0v) is 11.0. The molecule has 0 aliphatic rings. The van der Waals surface area contributed by atoms with Crippen molar-refractivity contribution >= 4 is 11.8 Å². The maximum atomic E-state index is 10.7. The van der Waals surface area contributed by atoms with Crippen molar-refractivity contribution in [2.75, 3.05) is 5.32 Å².